The predicted octanol–water partition coefficient (Wildman–Crippen LogP) is 4.59. The van der Waals surface area contributed by atoms with E-state index >= 15 is 0 Å². The molecule has 0 amide bonds. The van der Waals surface area contributed by atoms with Gasteiger partial charge >= 0.3 is 0 Å². The molecule has 1 aromatic carbocycles. The number of benzene rings is 1. The molecule has 102 valence electrons. The quantitative estimate of drug-likeness (QED) is 0.566. The van der Waals surface area contributed by atoms with Crippen molar-refractivity contribution in [3.05, 3.63) is 53.0 Å². The predicted molar refractivity (Wildman–Crippen MR) is 85.0 cm³/mol. The van der Waals surface area contributed by atoms with Crippen LogP contribution >= 0.6 is 23.1 Å². The number of nitrogen functional groups attached to an aromatic ring is 1. The van der Waals surface area contributed by atoms with Crippen LogP contribution in [0.15, 0.2) is 51.2 Å². The van der Waals surface area contributed by atoms with Crippen molar-refractivity contribution in [2.45, 2.75) is 17.6 Å². The Balaban J connectivity index is 1.68. The van der Waals surface area contributed by atoms with Gasteiger partial charge in [0.25, 0.3) is 0 Å². The Morgan fingerprint density at radius 2 is 2.20 bits per heavy atom. The number of hydrogen-bond donors (Lipinski definition) is 1. The summed E-state index contributed by atoms with van der Waals surface area (Å²) in [5, 5.41) is 6.14. The van der Waals surface area contributed by atoms with E-state index < -0.39 is 0 Å². The van der Waals surface area contributed by atoms with Crippen LogP contribution in [0.3, 0.4) is 0 Å². The molecule has 20 heavy (non-hydrogen) atoms. The van der Waals surface area contributed by atoms with Crippen molar-refractivity contribution in [1.29, 1.82) is 0 Å². The minimum Gasteiger partial charge on any atom is -0.399 e. The second-order valence-electron chi connectivity index (χ2n) is 4.47. The molecule has 0 radical (unpaired) electrons. The van der Waals surface area contributed by atoms with Crippen LogP contribution in [0.4, 0.5) is 5.69 Å². The van der Waals surface area contributed by atoms with E-state index in [4.69, 9.17) is 10.3 Å². The number of hydrogen-bond acceptors (Lipinski definition) is 5. The van der Waals surface area contributed by atoms with E-state index in [1.807, 2.05) is 42.6 Å². The lowest BCUT2D eigenvalue weighted by Crippen LogP contribution is -1.89. The van der Waals surface area contributed by atoms with E-state index in [1.54, 1.807) is 23.1 Å². The van der Waals surface area contributed by atoms with Gasteiger partial charge in [-0.15, -0.1) is 23.1 Å². The Morgan fingerprint density at radius 3 is 2.95 bits per heavy atom. The van der Waals surface area contributed by atoms with Gasteiger partial charge in [-0.25, -0.2) is 0 Å². The van der Waals surface area contributed by atoms with Crippen molar-refractivity contribution in [3.63, 3.8) is 0 Å². The number of aromatic nitrogens is 1. The molecule has 2 aromatic heterocycles. The molecule has 0 bridgehead atoms. The first kappa shape index (κ1) is 13.3. The summed E-state index contributed by atoms with van der Waals surface area (Å²) >= 11 is 3.39. The first-order valence-corrected chi connectivity index (χ1v) is 8.07. The molecule has 3 rings (SSSR count). The Hall–Kier alpha value is -1.72. The number of anilines is 1. The maximum atomic E-state index is 5.82. The highest BCUT2D eigenvalue weighted by Crippen LogP contribution is 2.29. The minimum atomic E-state index is 0.790. The zero-order chi connectivity index (χ0) is 13.9. The molecule has 0 unspecified atom stereocenters. The lowest BCUT2D eigenvalue weighted by Gasteiger charge is -2.03. The summed E-state index contributed by atoms with van der Waals surface area (Å²) < 4.78 is 5.37. The largest absolute Gasteiger partial charge is 0.399 e. The van der Waals surface area contributed by atoms with Crippen LogP contribution in [0.1, 0.15) is 11.3 Å². The lowest BCUT2D eigenvalue weighted by molar-refractivity contribution is 0.427. The Labute approximate surface area is 125 Å². The monoisotopic (exact) mass is 302 g/mol. The zero-order valence-corrected chi connectivity index (χ0v) is 12.6. The standard InChI is InChI=1S/C15H14N2OS2/c1-10-7-12(4-5-13(10)16)20-9-11-8-14(18-17-11)15-3-2-6-19-15/h2-8H,9,16H2,1H3. The molecule has 2 heterocycles. The third kappa shape index (κ3) is 2.89. The van der Waals surface area contributed by atoms with E-state index in [0.29, 0.717) is 0 Å². The minimum absolute atomic E-state index is 0.790. The maximum absolute atomic E-state index is 5.82. The van der Waals surface area contributed by atoms with Crippen LogP contribution in [0.2, 0.25) is 0 Å². The van der Waals surface area contributed by atoms with E-state index in [-0.39, 0.29) is 0 Å². The number of thiophene rings is 1. The molecule has 2 N–H and O–H groups in total. The Bertz CT molecular complexity index is 704. The summed E-state index contributed by atoms with van der Waals surface area (Å²) in [5.74, 6) is 1.63. The number of nitrogens with two attached hydrogens (primary N) is 1. The lowest BCUT2D eigenvalue weighted by atomic mass is 10.2. The van der Waals surface area contributed by atoms with Gasteiger partial charge in [0.15, 0.2) is 5.76 Å². The Morgan fingerprint density at radius 1 is 1.30 bits per heavy atom. The smallest absolute Gasteiger partial charge is 0.177 e. The normalized spacial score (nSPS) is 10.8. The molecule has 5 heteroatoms. The van der Waals surface area contributed by atoms with Crippen LogP contribution in [0, 0.1) is 6.92 Å². The fraction of sp³-hybridized carbons (Fsp3) is 0.133. The van der Waals surface area contributed by atoms with Crippen molar-refractivity contribution < 1.29 is 4.52 Å². The van der Waals surface area contributed by atoms with Gasteiger partial charge < -0.3 is 10.3 Å². The molecule has 0 saturated carbocycles. The summed E-state index contributed by atoms with van der Waals surface area (Å²) in [5.41, 5.74) is 8.71. The molecular weight excluding hydrogens is 288 g/mol. The average molecular weight is 302 g/mol. The van der Waals surface area contributed by atoms with Gasteiger partial charge in [0, 0.05) is 22.4 Å². The van der Waals surface area contributed by atoms with Crippen LogP contribution < -0.4 is 5.73 Å². The second-order valence-corrected chi connectivity index (χ2v) is 6.46. The van der Waals surface area contributed by atoms with Gasteiger partial charge in [-0.1, -0.05) is 11.2 Å². The molecule has 0 spiro atoms. The average Bonchev–Trinajstić information content (AvgIpc) is 3.09. The summed E-state index contributed by atoms with van der Waals surface area (Å²) in [7, 11) is 0. The van der Waals surface area contributed by atoms with E-state index in [0.717, 1.165) is 33.3 Å². The summed E-state index contributed by atoms with van der Waals surface area (Å²) in [6.07, 6.45) is 0. The molecule has 0 atom stereocenters. The highest BCUT2D eigenvalue weighted by atomic mass is 32.2. The molecule has 0 saturated heterocycles. The first-order chi connectivity index (χ1) is 9.72. The fourth-order valence-electron chi connectivity index (χ4n) is 1.81. The maximum Gasteiger partial charge on any atom is 0.177 e. The molecular formula is C15H14N2OS2. The van der Waals surface area contributed by atoms with Crippen LogP contribution in [0.25, 0.3) is 10.6 Å². The van der Waals surface area contributed by atoms with Crippen LogP contribution in [-0.2, 0) is 5.75 Å². The topological polar surface area (TPSA) is 52.0 Å². The summed E-state index contributed by atoms with van der Waals surface area (Å²) in [4.78, 5) is 2.30. The van der Waals surface area contributed by atoms with Gasteiger partial charge in [-0.2, -0.15) is 0 Å². The van der Waals surface area contributed by atoms with Gasteiger partial charge in [0.1, 0.15) is 0 Å². The molecule has 0 aliphatic rings. The zero-order valence-electron chi connectivity index (χ0n) is 11.0. The number of thioether (sulfide) groups is 1. The number of nitrogens with zero attached hydrogens (tertiary/aromatic N) is 1. The number of rotatable bonds is 4. The molecule has 3 nitrogen and oxygen atoms in total. The first-order valence-electron chi connectivity index (χ1n) is 6.21. The molecule has 0 aliphatic carbocycles. The van der Waals surface area contributed by atoms with Gasteiger partial charge in [-0.3, -0.25) is 0 Å². The van der Waals surface area contributed by atoms with E-state index in [9.17, 15) is 0 Å². The van der Waals surface area contributed by atoms with Gasteiger partial charge in [-0.05, 0) is 42.1 Å². The van der Waals surface area contributed by atoms with Crippen molar-refractivity contribution in [3.8, 4) is 10.6 Å². The third-order valence-corrected chi connectivity index (χ3v) is 4.86. The molecule has 0 aliphatic heterocycles. The van der Waals surface area contributed by atoms with Gasteiger partial charge in [0.05, 0.1) is 10.6 Å². The Kier molecular flexibility index (Phi) is 3.80. The van der Waals surface area contributed by atoms with Crippen molar-refractivity contribution >= 4 is 28.8 Å². The van der Waals surface area contributed by atoms with E-state index in [2.05, 4.69) is 11.2 Å². The number of aryl methyl sites for hydroxylation is 1. The summed E-state index contributed by atoms with van der Waals surface area (Å²) in [6, 6.07) is 12.1. The molecule has 0 fully saturated rings. The van der Waals surface area contributed by atoms with Crippen molar-refractivity contribution in [2.75, 3.05) is 5.73 Å². The van der Waals surface area contributed by atoms with Crippen molar-refractivity contribution in [1.82, 2.24) is 5.16 Å². The van der Waals surface area contributed by atoms with Crippen LogP contribution in [0.5, 0.6) is 0 Å². The second kappa shape index (κ2) is 5.73. The van der Waals surface area contributed by atoms with Gasteiger partial charge in [0.2, 0.25) is 0 Å². The molecule has 3 aromatic rings. The fourth-order valence-corrected chi connectivity index (χ4v) is 3.36. The van der Waals surface area contributed by atoms with Crippen LogP contribution in [-0.4, -0.2) is 5.16 Å². The SMILES string of the molecule is Cc1cc(SCc2cc(-c3cccs3)on2)ccc1N. The van der Waals surface area contributed by atoms with Crippen molar-refractivity contribution in [2.24, 2.45) is 0 Å². The summed E-state index contributed by atoms with van der Waals surface area (Å²) in [6.45, 7) is 2.02. The highest BCUT2D eigenvalue weighted by molar-refractivity contribution is 7.98. The third-order valence-electron chi connectivity index (χ3n) is 2.95. The van der Waals surface area contributed by atoms with E-state index in [1.165, 1.54) is 4.90 Å². The highest BCUT2D eigenvalue weighted by Gasteiger charge is 2.08.